The molecular formula is C18H29N3O. The Kier molecular flexibility index (Phi) is 5.09. The quantitative estimate of drug-likeness (QED) is 0.861. The number of carbonyl (C=O) groups excluding carboxylic acids is 1. The van der Waals surface area contributed by atoms with Gasteiger partial charge in [-0.3, -0.25) is 4.79 Å². The Morgan fingerprint density at radius 1 is 1.32 bits per heavy atom. The minimum Gasteiger partial charge on any atom is -0.357 e. The summed E-state index contributed by atoms with van der Waals surface area (Å²) in [6.07, 6.45) is 4.17. The molecule has 1 aromatic rings. The van der Waals surface area contributed by atoms with Gasteiger partial charge in [-0.05, 0) is 37.3 Å². The van der Waals surface area contributed by atoms with E-state index >= 15 is 0 Å². The van der Waals surface area contributed by atoms with Crippen LogP contribution in [0.5, 0.6) is 0 Å². The van der Waals surface area contributed by atoms with Crippen molar-refractivity contribution in [2.24, 2.45) is 11.3 Å². The highest BCUT2D eigenvalue weighted by molar-refractivity contribution is 5.81. The number of pyridine rings is 1. The number of aryl methyl sites for hydroxylation is 1. The Labute approximate surface area is 134 Å². The highest BCUT2D eigenvalue weighted by Crippen LogP contribution is 2.24. The number of amides is 1. The zero-order chi connectivity index (χ0) is 16.3. The molecule has 22 heavy (non-hydrogen) atoms. The van der Waals surface area contributed by atoms with E-state index in [0.717, 1.165) is 38.3 Å². The molecule has 0 N–H and O–H groups in total. The molecule has 2 heterocycles. The van der Waals surface area contributed by atoms with Crippen molar-refractivity contribution in [2.75, 3.05) is 31.6 Å². The summed E-state index contributed by atoms with van der Waals surface area (Å²) < 4.78 is 0. The molecule has 4 nitrogen and oxygen atoms in total. The molecule has 2 rings (SSSR count). The van der Waals surface area contributed by atoms with Crippen molar-refractivity contribution in [2.45, 2.75) is 40.5 Å². The summed E-state index contributed by atoms with van der Waals surface area (Å²) in [6.45, 7) is 10.9. The molecule has 1 aliphatic heterocycles. The van der Waals surface area contributed by atoms with Crippen LogP contribution in [-0.2, 0) is 4.79 Å². The third-order valence-corrected chi connectivity index (χ3v) is 4.35. The number of anilines is 1. The molecule has 4 heteroatoms. The van der Waals surface area contributed by atoms with Gasteiger partial charge in [0.05, 0.1) is 0 Å². The minimum atomic E-state index is -0.290. The molecule has 0 unspecified atom stereocenters. The maximum Gasteiger partial charge on any atom is 0.227 e. The number of hydrogen-bond donors (Lipinski definition) is 0. The van der Waals surface area contributed by atoms with Gasteiger partial charge in [-0.2, -0.15) is 0 Å². The Morgan fingerprint density at radius 3 is 2.45 bits per heavy atom. The molecule has 1 amide bonds. The van der Waals surface area contributed by atoms with Crippen LogP contribution in [0.3, 0.4) is 0 Å². The Hall–Kier alpha value is -1.58. The highest BCUT2D eigenvalue weighted by Gasteiger charge is 2.28. The van der Waals surface area contributed by atoms with Gasteiger partial charge in [0.25, 0.3) is 0 Å². The van der Waals surface area contributed by atoms with E-state index < -0.39 is 0 Å². The van der Waals surface area contributed by atoms with Gasteiger partial charge < -0.3 is 9.80 Å². The van der Waals surface area contributed by atoms with Crippen LogP contribution in [0, 0.1) is 18.3 Å². The van der Waals surface area contributed by atoms with Gasteiger partial charge >= 0.3 is 0 Å². The second-order valence-corrected chi connectivity index (χ2v) is 7.56. The molecule has 0 atom stereocenters. The Bertz CT molecular complexity index is 496. The average molecular weight is 303 g/mol. The van der Waals surface area contributed by atoms with Crippen molar-refractivity contribution < 1.29 is 4.79 Å². The molecule has 0 spiro atoms. The first kappa shape index (κ1) is 16.8. The molecule has 0 radical (unpaired) electrons. The summed E-state index contributed by atoms with van der Waals surface area (Å²) >= 11 is 0. The first-order valence-electron chi connectivity index (χ1n) is 8.20. The van der Waals surface area contributed by atoms with Gasteiger partial charge in [-0.25, -0.2) is 4.98 Å². The van der Waals surface area contributed by atoms with Gasteiger partial charge in [0, 0.05) is 38.3 Å². The monoisotopic (exact) mass is 303 g/mol. The number of piperidine rings is 1. The van der Waals surface area contributed by atoms with Crippen LogP contribution in [0.4, 0.5) is 5.82 Å². The Balaban J connectivity index is 1.85. The molecule has 1 saturated heterocycles. The van der Waals surface area contributed by atoms with Crippen LogP contribution in [0.25, 0.3) is 0 Å². The van der Waals surface area contributed by atoms with Gasteiger partial charge in [-0.15, -0.1) is 0 Å². The summed E-state index contributed by atoms with van der Waals surface area (Å²) in [7, 11) is 1.93. The van der Waals surface area contributed by atoms with Crippen molar-refractivity contribution in [3.05, 3.63) is 23.9 Å². The maximum absolute atomic E-state index is 12.3. The van der Waals surface area contributed by atoms with Crippen LogP contribution in [0.2, 0.25) is 0 Å². The van der Waals surface area contributed by atoms with Crippen molar-refractivity contribution in [3.8, 4) is 0 Å². The van der Waals surface area contributed by atoms with Crippen molar-refractivity contribution >= 4 is 11.7 Å². The lowest BCUT2D eigenvalue weighted by molar-refractivity contribution is -0.138. The van der Waals surface area contributed by atoms with Crippen LogP contribution in [0.15, 0.2) is 18.3 Å². The predicted octanol–water partition coefficient (Wildman–Crippen LogP) is 3.11. The van der Waals surface area contributed by atoms with Crippen molar-refractivity contribution in [3.63, 3.8) is 0 Å². The lowest BCUT2D eigenvalue weighted by atomic mass is 9.92. The first-order valence-corrected chi connectivity index (χ1v) is 8.20. The highest BCUT2D eigenvalue weighted by atomic mass is 16.2. The van der Waals surface area contributed by atoms with Crippen molar-refractivity contribution in [1.82, 2.24) is 9.88 Å². The molecule has 1 fully saturated rings. The van der Waals surface area contributed by atoms with E-state index in [1.54, 1.807) is 0 Å². The number of rotatable bonds is 3. The van der Waals surface area contributed by atoms with Crippen LogP contribution >= 0.6 is 0 Å². The second-order valence-electron chi connectivity index (χ2n) is 7.56. The zero-order valence-electron chi connectivity index (χ0n) is 14.6. The smallest absolute Gasteiger partial charge is 0.227 e. The molecule has 0 saturated carbocycles. The van der Waals surface area contributed by atoms with E-state index in [1.165, 1.54) is 5.56 Å². The lowest BCUT2D eigenvalue weighted by Gasteiger charge is -2.35. The standard InChI is InChI=1S/C18H29N3O/c1-14-6-7-16(19-12-14)21-10-8-15(9-11-21)13-20(5)17(22)18(2,3)4/h6-7,12,15H,8-11,13H2,1-5H3. The van der Waals surface area contributed by atoms with Gasteiger partial charge in [0.1, 0.15) is 5.82 Å². The Morgan fingerprint density at radius 2 is 1.95 bits per heavy atom. The summed E-state index contributed by atoms with van der Waals surface area (Å²) in [6, 6.07) is 4.22. The molecule has 0 bridgehead atoms. The fourth-order valence-corrected chi connectivity index (χ4v) is 3.03. The second kappa shape index (κ2) is 6.67. The normalized spacial score (nSPS) is 16.7. The molecule has 1 aromatic heterocycles. The van der Waals surface area contributed by atoms with E-state index in [-0.39, 0.29) is 11.3 Å². The van der Waals surface area contributed by atoms with Crippen LogP contribution in [-0.4, -0.2) is 42.5 Å². The van der Waals surface area contributed by atoms with E-state index in [2.05, 4.69) is 28.9 Å². The molecule has 0 aliphatic carbocycles. The fraction of sp³-hybridized carbons (Fsp3) is 0.667. The van der Waals surface area contributed by atoms with Crippen molar-refractivity contribution in [1.29, 1.82) is 0 Å². The van der Waals surface area contributed by atoms with E-state index in [1.807, 2.05) is 38.9 Å². The number of nitrogens with zero attached hydrogens (tertiary/aromatic N) is 3. The summed E-state index contributed by atoms with van der Waals surface area (Å²) in [5, 5.41) is 0. The first-order chi connectivity index (χ1) is 10.3. The number of hydrogen-bond acceptors (Lipinski definition) is 3. The fourth-order valence-electron chi connectivity index (χ4n) is 3.03. The van der Waals surface area contributed by atoms with Crippen LogP contribution in [0.1, 0.15) is 39.2 Å². The average Bonchev–Trinajstić information content (AvgIpc) is 2.47. The predicted molar refractivity (Wildman–Crippen MR) is 91.0 cm³/mol. The molecule has 0 aromatic carbocycles. The largest absolute Gasteiger partial charge is 0.357 e. The maximum atomic E-state index is 12.3. The van der Waals surface area contributed by atoms with Gasteiger partial charge in [-0.1, -0.05) is 26.8 Å². The lowest BCUT2D eigenvalue weighted by Crippen LogP contribution is -2.42. The minimum absolute atomic E-state index is 0.232. The topological polar surface area (TPSA) is 36.4 Å². The van der Waals surface area contributed by atoms with Gasteiger partial charge in [0.15, 0.2) is 0 Å². The third kappa shape index (κ3) is 4.21. The summed E-state index contributed by atoms with van der Waals surface area (Å²) in [5.74, 6) is 1.90. The molecular weight excluding hydrogens is 274 g/mol. The van der Waals surface area contributed by atoms with E-state index in [0.29, 0.717) is 5.92 Å². The number of aromatic nitrogens is 1. The third-order valence-electron chi connectivity index (χ3n) is 4.35. The number of carbonyl (C=O) groups is 1. The van der Waals surface area contributed by atoms with E-state index in [4.69, 9.17) is 0 Å². The molecule has 122 valence electrons. The van der Waals surface area contributed by atoms with Crippen LogP contribution < -0.4 is 4.90 Å². The van der Waals surface area contributed by atoms with E-state index in [9.17, 15) is 4.79 Å². The zero-order valence-corrected chi connectivity index (χ0v) is 14.6. The summed E-state index contributed by atoms with van der Waals surface area (Å²) in [5.41, 5.74) is 0.905. The molecule has 1 aliphatic rings. The summed E-state index contributed by atoms with van der Waals surface area (Å²) in [4.78, 5) is 21.0. The SMILES string of the molecule is Cc1ccc(N2CCC(CN(C)C(=O)C(C)(C)C)CC2)nc1. The van der Waals surface area contributed by atoms with Gasteiger partial charge in [0.2, 0.25) is 5.91 Å².